The zero-order chi connectivity index (χ0) is 15.2. The van der Waals surface area contributed by atoms with Crippen LogP contribution in [0, 0.1) is 5.82 Å². The number of rotatable bonds is 9. The van der Waals surface area contributed by atoms with Crippen molar-refractivity contribution in [3.63, 3.8) is 0 Å². The number of hydrogen-bond donors (Lipinski definition) is 2. The van der Waals surface area contributed by atoms with E-state index in [0.29, 0.717) is 25.2 Å². The van der Waals surface area contributed by atoms with Crippen LogP contribution >= 0.6 is 0 Å². The van der Waals surface area contributed by atoms with Crippen molar-refractivity contribution in [2.45, 2.75) is 58.2 Å². The molecule has 4 heteroatoms. The summed E-state index contributed by atoms with van der Waals surface area (Å²) in [7, 11) is 0. The minimum Gasteiger partial charge on any atom is -0.395 e. The summed E-state index contributed by atoms with van der Waals surface area (Å²) < 4.78 is 13.6. The fourth-order valence-electron chi connectivity index (χ4n) is 2.85. The molecule has 21 heavy (non-hydrogen) atoms. The Hall–Kier alpha value is -1.13. The summed E-state index contributed by atoms with van der Waals surface area (Å²) in [4.78, 5) is 2.23. The molecular formula is C17H27FN2O. The van der Waals surface area contributed by atoms with Crippen molar-refractivity contribution in [2.24, 2.45) is 0 Å². The van der Waals surface area contributed by atoms with Crippen LogP contribution in [0.25, 0.3) is 0 Å². The number of aliphatic hydroxyl groups is 1. The van der Waals surface area contributed by atoms with Gasteiger partial charge in [0.05, 0.1) is 6.61 Å². The van der Waals surface area contributed by atoms with E-state index in [9.17, 15) is 9.50 Å². The molecule has 2 rings (SSSR count). The van der Waals surface area contributed by atoms with Gasteiger partial charge in [0.15, 0.2) is 0 Å². The molecule has 2 N–H and O–H groups in total. The van der Waals surface area contributed by atoms with E-state index in [1.165, 1.54) is 18.9 Å². The Morgan fingerprint density at radius 3 is 2.62 bits per heavy atom. The number of hydrogen-bond acceptors (Lipinski definition) is 3. The van der Waals surface area contributed by atoms with Gasteiger partial charge in [-0.1, -0.05) is 13.8 Å². The van der Waals surface area contributed by atoms with E-state index in [1.807, 2.05) is 6.07 Å². The molecule has 1 saturated carbocycles. The molecule has 3 nitrogen and oxygen atoms in total. The van der Waals surface area contributed by atoms with E-state index in [4.69, 9.17) is 0 Å². The Labute approximate surface area is 127 Å². The first-order valence-corrected chi connectivity index (χ1v) is 8.08. The van der Waals surface area contributed by atoms with Crippen LogP contribution in [0.3, 0.4) is 0 Å². The third-order valence-corrected chi connectivity index (χ3v) is 4.23. The highest BCUT2D eigenvalue weighted by molar-refractivity contribution is 5.54. The summed E-state index contributed by atoms with van der Waals surface area (Å²) in [6.45, 7) is 5.71. The second-order valence-corrected chi connectivity index (χ2v) is 5.82. The van der Waals surface area contributed by atoms with Crippen molar-refractivity contribution >= 4 is 5.69 Å². The van der Waals surface area contributed by atoms with E-state index in [-0.39, 0.29) is 12.4 Å². The highest BCUT2D eigenvalue weighted by Gasteiger charge is 2.22. The van der Waals surface area contributed by atoms with Crippen molar-refractivity contribution < 1.29 is 9.50 Å². The molecule has 0 spiro atoms. The lowest BCUT2D eigenvalue weighted by Crippen LogP contribution is -2.37. The zero-order valence-electron chi connectivity index (χ0n) is 13.1. The maximum atomic E-state index is 13.6. The van der Waals surface area contributed by atoms with Crippen molar-refractivity contribution in [1.82, 2.24) is 5.32 Å². The van der Waals surface area contributed by atoms with Crippen molar-refractivity contribution in [3.8, 4) is 0 Å². The highest BCUT2D eigenvalue weighted by Crippen LogP contribution is 2.27. The third-order valence-electron chi connectivity index (χ3n) is 4.23. The van der Waals surface area contributed by atoms with Crippen LogP contribution in [-0.4, -0.2) is 30.3 Å². The van der Waals surface area contributed by atoms with E-state index < -0.39 is 0 Å². The Morgan fingerprint density at radius 2 is 2.05 bits per heavy atom. The first kappa shape index (κ1) is 16.2. The topological polar surface area (TPSA) is 35.5 Å². The van der Waals surface area contributed by atoms with Gasteiger partial charge >= 0.3 is 0 Å². The fraction of sp³-hybridized carbons (Fsp3) is 0.647. The van der Waals surface area contributed by atoms with Gasteiger partial charge in [-0.3, -0.25) is 0 Å². The fourth-order valence-corrected chi connectivity index (χ4v) is 2.85. The van der Waals surface area contributed by atoms with Gasteiger partial charge in [-0.05, 0) is 49.4 Å². The van der Waals surface area contributed by atoms with Gasteiger partial charge in [-0.25, -0.2) is 4.39 Å². The van der Waals surface area contributed by atoms with E-state index in [2.05, 4.69) is 24.1 Å². The van der Waals surface area contributed by atoms with Crippen LogP contribution in [0.15, 0.2) is 18.2 Å². The molecule has 0 aliphatic heterocycles. The molecule has 1 fully saturated rings. The second kappa shape index (κ2) is 7.76. The lowest BCUT2D eigenvalue weighted by atomic mass is 10.1. The molecule has 0 aromatic heterocycles. The van der Waals surface area contributed by atoms with Crippen LogP contribution in [-0.2, 0) is 6.54 Å². The minimum absolute atomic E-state index is 0.114. The van der Waals surface area contributed by atoms with Crippen molar-refractivity contribution in [3.05, 3.63) is 29.6 Å². The molecular weight excluding hydrogens is 267 g/mol. The monoisotopic (exact) mass is 294 g/mol. The molecule has 0 saturated heterocycles. The number of anilines is 1. The van der Waals surface area contributed by atoms with Crippen molar-refractivity contribution in [2.75, 3.05) is 18.1 Å². The minimum atomic E-state index is -0.195. The molecule has 118 valence electrons. The lowest BCUT2D eigenvalue weighted by molar-refractivity contribution is 0.296. The van der Waals surface area contributed by atoms with Crippen LogP contribution in [0.2, 0.25) is 0 Å². The molecule has 1 aliphatic rings. The normalized spacial score (nSPS) is 14.7. The first-order valence-electron chi connectivity index (χ1n) is 8.08. The molecule has 0 heterocycles. The van der Waals surface area contributed by atoms with Gasteiger partial charge in [0, 0.05) is 30.9 Å². The van der Waals surface area contributed by atoms with E-state index in [1.54, 1.807) is 6.07 Å². The maximum Gasteiger partial charge on any atom is 0.123 e. The van der Waals surface area contributed by atoms with Gasteiger partial charge < -0.3 is 15.3 Å². The number of aliphatic hydroxyl groups excluding tert-OH is 1. The van der Waals surface area contributed by atoms with Gasteiger partial charge in [0.2, 0.25) is 0 Å². The van der Waals surface area contributed by atoms with Gasteiger partial charge in [0.25, 0.3) is 0 Å². The van der Waals surface area contributed by atoms with Crippen LogP contribution in [0.1, 0.15) is 45.1 Å². The standard InChI is InChI=1S/C17H27FN2O/c1-3-16(4-2)20(9-10-21)17-8-5-14(18)11-13(17)12-19-15-6-7-15/h5,8,11,15-16,19,21H,3-4,6-7,9-10,12H2,1-2H3. The molecule has 0 amide bonds. The number of benzene rings is 1. The number of halogens is 1. The second-order valence-electron chi connectivity index (χ2n) is 5.82. The van der Waals surface area contributed by atoms with Crippen LogP contribution in [0.5, 0.6) is 0 Å². The average molecular weight is 294 g/mol. The molecule has 0 unspecified atom stereocenters. The summed E-state index contributed by atoms with van der Waals surface area (Å²) in [6.07, 6.45) is 4.47. The Balaban J connectivity index is 2.23. The lowest BCUT2D eigenvalue weighted by Gasteiger charge is -2.34. The first-order chi connectivity index (χ1) is 10.2. The molecule has 0 radical (unpaired) electrons. The summed E-state index contributed by atoms with van der Waals surface area (Å²) >= 11 is 0. The van der Waals surface area contributed by atoms with Gasteiger partial charge in [-0.2, -0.15) is 0 Å². The number of nitrogens with zero attached hydrogens (tertiary/aromatic N) is 1. The molecule has 0 atom stereocenters. The average Bonchev–Trinajstić information content (AvgIpc) is 3.30. The predicted octanol–water partition coefficient (Wildman–Crippen LogP) is 3.07. The summed E-state index contributed by atoms with van der Waals surface area (Å²) in [6, 6.07) is 5.97. The third kappa shape index (κ3) is 4.42. The Kier molecular flexibility index (Phi) is 6.00. The Bertz CT molecular complexity index is 444. The maximum absolute atomic E-state index is 13.6. The summed E-state index contributed by atoms with van der Waals surface area (Å²) in [5.74, 6) is -0.195. The number of nitrogens with one attached hydrogen (secondary N) is 1. The highest BCUT2D eigenvalue weighted by atomic mass is 19.1. The van der Waals surface area contributed by atoms with Crippen LogP contribution < -0.4 is 10.2 Å². The largest absolute Gasteiger partial charge is 0.395 e. The van der Waals surface area contributed by atoms with Gasteiger partial charge in [0.1, 0.15) is 5.82 Å². The Morgan fingerprint density at radius 1 is 1.33 bits per heavy atom. The molecule has 1 aromatic rings. The van der Waals surface area contributed by atoms with E-state index >= 15 is 0 Å². The quantitative estimate of drug-likeness (QED) is 0.735. The van der Waals surface area contributed by atoms with Crippen LogP contribution in [0.4, 0.5) is 10.1 Å². The SMILES string of the molecule is CCC(CC)N(CCO)c1ccc(F)cc1CNC1CC1. The van der Waals surface area contributed by atoms with Crippen molar-refractivity contribution in [1.29, 1.82) is 0 Å². The summed E-state index contributed by atoms with van der Waals surface area (Å²) in [5, 5.41) is 12.8. The predicted molar refractivity (Wildman–Crippen MR) is 85.1 cm³/mol. The smallest absolute Gasteiger partial charge is 0.123 e. The zero-order valence-corrected chi connectivity index (χ0v) is 13.1. The molecule has 1 aliphatic carbocycles. The van der Waals surface area contributed by atoms with E-state index in [0.717, 1.165) is 24.1 Å². The molecule has 0 bridgehead atoms. The summed E-state index contributed by atoms with van der Waals surface area (Å²) in [5.41, 5.74) is 2.04. The van der Waals surface area contributed by atoms with Gasteiger partial charge in [-0.15, -0.1) is 0 Å². The molecule has 1 aromatic carbocycles.